The van der Waals surface area contributed by atoms with Crippen molar-refractivity contribution < 1.29 is 9.84 Å². The second-order valence-electron chi connectivity index (χ2n) is 5.32. The molecule has 1 N–H and O–H groups in total. The third-order valence-electron chi connectivity index (χ3n) is 3.63. The lowest BCUT2D eigenvalue weighted by atomic mass is 10.1. The number of methoxy groups -OCH3 is 1. The van der Waals surface area contributed by atoms with Crippen LogP contribution >= 0.6 is 0 Å². The minimum Gasteiger partial charge on any atom is -0.481 e. The van der Waals surface area contributed by atoms with Crippen molar-refractivity contribution in [3.63, 3.8) is 0 Å². The van der Waals surface area contributed by atoms with Crippen LogP contribution in [0.25, 0.3) is 0 Å². The number of hydrogen-bond acceptors (Lipinski definition) is 4. The van der Waals surface area contributed by atoms with Crippen molar-refractivity contribution in [1.82, 2.24) is 14.8 Å². The van der Waals surface area contributed by atoms with Gasteiger partial charge in [-0.2, -0.15) is 5.10 Å². The molecule has 0 bridgehead atoms. The molecule has 2 heterocycles. The van der Waals surface area contributed by atoms with E-state index in [1.807, 2.05) is 23.0 Å². The van der Waals surface area contributed by atoms with Crippen LogP contribution < -0.4 is 4.74 Å². The molecule has 2 atom stereocenters. The topological polar surface area (TPSA) is 60.2 Å². The van der Waals surface area contributed by atoms with Crippen LogP contribution in [0.15, 0.2) is 30.6 Å². The SMILES string of the molecule is CCC(C)n1ccc(CC(O)Cc2ccc(OC)nc2)n1. The van der Waals surface area contributed by atoms with Crippen LogP contribution in [0.1, 0.15) is 37.6 Å². The third kappa shape index (κ3) is 4.29. The largest absolute Gasteiger partial charge is 0.481 e. The van der Waals surface area contributed by atoms with E-state index in [-0.39, 0.29) is 0 Å². The maximum Gasteiger partial charge on any atom is 0.212 e. The highest BCUT2D eigenvalue weighted by Gasteiger charge is 2.11. The van der Waals surface area contributed by atoms with Crippen molar-refractivity contribution in [2.45, 2.75) is 45.3 Å². The first-order chi connectivity index (χ1) is 10.1. The van der Waals surface area contributed by atoms with Crippen molar-refractivity contribution in [2.24, 2.45) is 0 Å². The minimum atomic E-state index is -0.458. The molecule has 0 spiro atoms. The minimum absolute atomic E-state index is 0.390. The van der Waals surface area contributed by atoms with Gasteiger partial charge in [-0.15, -0.1) is 0 Å². The standard InChI is InChI=1S/C16H23N3O2/c1-4-12(2)19-8-7-14(18-19)10-15(20)9-13-5-6-16(21-3)17-11-13/h5-8,11-12,15,20H,4,9-10H2,1-3H3. The first-order valence-electron chi connectivity index (χ1n) is 7.33. The molecule has 0 amide bonds. The molecule has 0 aliphatic carbocycles. The summed E-state index contributed by atoms with van der Waals surface area (Å²) in [6.07, 6.45) is 5.41. The lowest BCUT2D eigenvalue weighted by Crippen LogP contribution is -2.15. The molecule has 0 aromatic carbocycles. The maximum absolute atomic E-state index is 10.2. The summed E-state index contributed by atoms with van der Waals surface area (Å²) in [6, 6.07) is 6.09. The summed E-state index contributed by atoms with van der Waals surface area (Å²) in [5, 5.41) is 14.7. The van der Waals surface area contributed by atoms with Gasteiger partial charge in [-0.25, -0.2) is 4.98 Å². The molecular formula is C16H23N3O2. The van der Waals surface area contributed by atoms with E-state index in [9.17, 15) is 5.11 Å². The molecule has 2 unspecified atom stereocenters. The Kier molecular flexibility index (Phi) is 5.33. The van der Waals surface area contributed by atoms with Crippen molar-refractivity contribution >= 4 is 0 Å². The van der Waals surface area contributed by atoms with E-state index in [0.717, 1.165) is 17.7 Å². The van der Waals surface area contributed by atoms with E-state index in [2.05, 4.69) is 23.9 Å². The lowest BCUT2D eigenvalue weighted by molar-refractivity contribution is 0.173. The Balaban J connectivity index is 1.91. The summed E-state index contributed by atoms with van der Waals surface area (Å²) in [7, 11) is 1.59. The van der Waals surface area contributed by atoms with Crippen molar-refractivity contribution in [2.75, 3.05) is 7.11 Å². The van der Waals surface area contributed by atoms with Crippen molar-refractivity contribution in [3.8, 4) is 5.88 Å². The average molecular weight is 289 g/mol. The molecule has 114 valence electrons. The second-order valence-corrected chi connectivity index (χ2v) is 5.32. The van der Waals surface area contributed by atoms with Gasteiger partial charge >= 0.3 is 0 Å². The summed E-state index contributed by atoms with van der Waals surface area (Å²) in [4.78, 5) is 4.14. The summed E-state index contributed by atoms with van der Waals surface area (Å²) >= 11 is 0. The molecule has 0 saturated heterocycles. The van der Waals surface area contributed by atoms with E-state index in [1.165, 1.54) is 0 Å². The highest BCUT2D eigenvalue weighted by atomic mass is 16.5. The van der Waals surface area contributed by atoms with E-state index in [1.54, 1.807) is 19.4 Å². The van der Waals surface area contributed by atoms with Gasteiger partial charge in [-0.3, -0.25) is 4.68 Å². The number of hydrogen-bond donors (Lipinski definition) is 1. The fourth-order valence-corrected chi connectivity index (χ4v) is 2.16. The fourth-order valence-electron chi connectivity index (χ4n) is 2.16. The number of pyridine rings is 1. The molecule has 0 aliphatic rings. The lowest BCUT2D eigenvalue weighted by Gasteiger charge is -2.10. The zero-order valence-electron chi connectivity index (χ0n) is 12.9. The molecular weight excluding hydrogens is 266 g/mol. The van der Waals surface area contributed by atoms with Gasteiger partial charge in [-0.1, -0.05) is 13.0 Å². The number of aliphatic hydroxyl groups is 1. The molecule has 0 radical (unpaired) electrons. The Hall–Kier alpha value is -1.88. The first kappa shape index (κ1) is 15.5. The molecule has 2 aromatic heterocycles. The Morgan fingerprint density at radius 1 is 1.29 bits per heavy atom. The van der Waals surface area contributed by atoms with E-state index in [4.69, 9.17) is 4.74 Å². The fraction of sp³-hybridized carbons (Fsp3) is 0.500. The highest BCUT2D eigenvalue weighted by Crippen LogP contribution is 2.13. The van der Waals surface area contributed by atoms with Gasteiger partial charge in [0.15, 0.2) is 0 Å². The molecule has 0 fully saturated rings. The normalized spacial score (nSPS) is 13.9. The first-order valence-corrected chi connectivity index (χ1v) is 7.33. The highest BCUT2D eigenvalue weighted by molar-refractivity contribution is 5.18. The van der Waals surface area contributed by atoms with Gasteiger partial charge in [0.25, 0.3) is 0 Å². The summed E-state index contributed by atoms with van der Waals surface area (Å²) in [5.41, 5.74) is 1.91. The molecule has 0 aliphatic heterocycles. The van der Waals surface area contributed by atoms with Gasteiger partial charge in [0.05, 0.1) is 18.9 Å². The molecule has 0 saturated carbocycles. The zero-order valence-corrected chi connectivity index (χ0v) is 12.9. The molecule has 5 nitrogen and oxygen atoms in total. The molecule has 21 heavy (non-hydrogen) atoms. The smallest absolute Gasteiger partial charge is 0.212 e. The van der Waals surface area contributed by atoms with Crippen molar-refractivity contribution in [3.05, 3.63) is 41.9 Å². The Morgan fingerprint density at radius 2 is 2.10 bits per heavy atom. The van der Waals surface area contributed by atoms with Crippen LogP contribution in [0.2, 0.25) is 0 Å². The molecule has 5 heteroatoms. The van der Waals surface area contributed by atoms with Gasteiger partial charge < -0.3 is 9.84 Å². The molecule has 2 rings (SSSR count). The van der Waals surface area contributed by atoms with E-state index < -0.39 is 6.10 Å². The van der Waals surface area contributed by atoms with E-state index >= 15 is 0 Å². The number of nitrogens with zero attached hydrogens (tertiary/aromatic N) is 3. The Labute approximate surface area is 125 Å². The summed E-state index contributed by atoms with van der Waals surface area (Å²) < 4.78 is 6.97. The summed E-state index contributed by atoms with van der Waals surface area (Å²) in [6.45, 7) is 4.27. The quantitative estimate of drug-likeness (QED) is 0.850. The average Bonchev–Trinajstić information content (AvgIpc) is 2.95. The summed E-state index contributed by atoms with van der Waals surface area (Å²) in [5.74, 6) is 0.584. The monoisotopic (exact) mass is 289 g/mol. The zero-order chi connectivity index (χ0) is 15.2. The van der Waals surface area contributed by atoms with Crippen molar-refractivity contribution in [1.29, 1.82) is 0 Å². The Morgan fingerprint density at radius 3 is 2.71 bits per heavy atom. The number of aliphatic hydroxyl groups excluding tert-OH is 1. The second kappa shape index (κ2) is 7.22. The number of ether oxygens (including phenoxy) is 1. The van der Waals surface area contributed by atoms with Crippen LogP contribution in [0, 0.1) is 0 Å². The Bertz CT molecular complexity index is 551. The number of rotatable bonds is 7. The van der Waals surface area contributed by atoms with Crippen LogP contribution in [-0.2, 0) is 12.8 Å². The predicted octanol–water partition coefficient (Wildman–Crippen LogP) is 2.40. The van der Waals surface area contributed by atoms with Gasteiger partial charge in [-0.05, 0) is 25.0 Å². The van der Waals surface area contributed by atoms with Crippen LogP contribution in [0.3, 0.4) is 0 Å². The maximum atomic E-state index is 10.2. The van der Waals surface area contributed by atoms with Crippen LogP contribution in [0.5, 0.6) is 5.88 Å². The van der Waals surface area contributed by atoms with Gasteiger partial charge in [0.1, 0.15) is 0 Å². The van der Waals surface area contributed by atoms with Gasteiger partial charge in [0, 0.05) is 37.3 Å². The molecule has 2 aromatic rings. The predicted molar refractivity (Wildman–Crippen MR) is 81.4 cm³/mol. The van der Waals surface area contributed by atoms with Gasteiger partial charge in [0.2, 0.25) is 5.88 Å². The van der Waals surface area contributed by atoms with E-state index in [0.29, 0.717) is 24.8 Å². The third-order valence-corrected chi connectivity index (χ3v) is 3.63. The van der Waals surface area contributed by atoms with Crippen LogP contribution in [-0.4, -0.2) is 33.1 Å². The number of aromatic nitrogens is 3. The van der Waals surface area contributed by atoms with Crippen LogP contribution in [0.4, 0.5) is 0 Å².